The quantitative estimate of drug-likeness (QED) is 0.224. The highest BCUT2D eigenvalue weighted by atomic mass is 16.6. The van der Waals surface area contributed by atoms with Crippen LogP contribution in [0.15, 0.2) is 66.7 Å². The van der Waals surface area contributed by atoms with Gasteiger partial charge in [0.1, 0.15) is 5.82 Å². The first-order valence-electron chi connectivity index (χ1n) is 10.0. The molecule has 0 aliphatic heterocycles. The zero-order valence-corrected chi connectivity index (χ0v) is 17.6. The average molecular weight is 444 g/mol. The largest absolute Gasteiger partial charge is 0.500 e. The fraction of sp³-hybridized carbons (Fsp3) is 0.0833. The molecule has 0 spiro atoms. The first kappa shape index (κ1) is 21.6. The second-order valence-electron chi connectivity index (χ2n) is 7.18. The maximum atomic E-state index is 13.2. The molecule has 166 valence electrons. The van der Waals surface area contributed by atoms with E-state index in [0.29, 0.717) is 16.9 Å². The number of aromatic nitrogens is 2. The predicted molar refractivity (Wildman–Crippen MR) is 124 cm³/mol. The van der Waals surface area contributed by atoms with Crippen molar-refractivity contribution in [2.24, 2.45) is 0 Å². The summed E-state index contributed by atoms with van der Waals surface area (Å²) in [5.41, 5.74) is 2.25. The minimum absolute atomic E-state index is 0.0795. The van der Waals surface area contributed by atoms with Gasteiger partial charge < -0.3 is 20.1 Å². The van der Waals surface area contributed by atoms with E-state index in [1.165, 1.54) is 25.3 Å². The fourth-order valence-electron chi connectivity index (χ4n) is 3.35. The number of H-pyrrole nitrogens is 1. The zero-order chi connectivity index (χ0) is 23.4. The minimum atomic E-state index is -0.717. The van der Waals surface area contributed by atoms with E-state index >= 15 is 0 Å². The summed E-state index contributed by atoms with van der Waals surface area (Å²) in [5.74, 6) is -0.786. The Bertz CT molecular complexity index is 1330. The molecule has 3 N–H and O–H groups in total. The number of phenols is 1. The molecule has 0 aliphatic rings. The van der Waals surface area contributed by atoms with Crippen molar-refractivity contribution < 1.29 is 19.6 Å². The maximum Gasteiger partial charge on any atom is 0.315 e. The third-order valence-corrected chi connectivity index (χ3v) is 4.99. The van der Waals surface area contributed by atoms with Gasteiger partial charge in [0, 0.05) is 12.6 Å². The molecule has 0 aliphatic carbocycles. The van der Waals surface area contributed by atoms with Crippen molar-refractivity contribution in [2.75, 3.05) is 7.11 Å². The summed E-state index contributed by atoms with van der Waals surface area (Å²) < 4.78 is 5.07. The van der Waals surface area contributed by atoms with E-state index in [1.54, 1.807) is 0 Å². The number of fused-ring (bicyclic) bond motifs is 1. The number of hydrogen-bond donors (Lipinski definition) is 3. The monoisotopic (exact) mass is 444 g/mol. The molecule has 33 heavy (non-hydrogen) atoms. The minimum Gasteiger partial charge on any atom is -0.500 e. The molecule has 0 fully saturated rings. The van der Waals surface area contributed by atoms with Gasteiger partial charge in [-0.25, -0.2) is 4.98 Å². The molecule has 0 atom stereocenters. The van der Waals surface area contributed by atoms with Crippen LogP contribution in [0.3, 0.4) is 0 Å². The number of carbonyl (C=O) groups excluding carboxylic acids is 1. The van der Waals surface area contributed by atoms with Gasteiger partial charge in [-0.05, 0) is 35.4 Å². The Morgan fingerprint density at radius 1 is 1.18 bits per heavy atom. The zero-order valence-electron chi connectivity index (χ0n) is 17.6. The van der Waals surface area contributed by atoms with Crippen molar-refractivity contribution >= 4 is 34.3 Å². The van der Waals surface area contributed by atoms with Crippen LogP contribution in [-0.2, 0) is 11.3 Å². The van der Waals surface area contributed by atoms with Crippen LogP contribution in [0, 0.1) is 10.1 Å². The van der Waals surface area contributed by atoms with Gasteiger partial charge in [0.25, 0.3) is 5.91 Å². The number of benzene rings is 3. The summed E-state index contributed by atoms with van der Waals surface area (Å²) in [7, 11) is 1.29. The van der Waals surface area contributed by atoms with Crippen molar-refractivity contribution in [2.45, 2.75) is 6.54 Å². The average Bonchev–Trinajstić information content (AvgIpc) is 3.26. The van der Waals surface area contributed by atoms with Crippen molar-refractivity contribution in [1.29, 1.82) is 0 Å². The number of nitro benzene ring substituents is 1. The number of amides is 1. The molecule has 0 unspecified atom stereocenters. The van der Waals surface area contributed by atoms with Gasteiger partial charge in [0.2, 0.25) is 5.75 Å². The number of aromatic hydroxyl groups is 1. The maximum absolute atomic E-state index is 13.2. The van der Waals surface area contributed by atoms with Crippen LogP contribution in [0.25, 0.3) is 22.7 Å². The first-order chi connectivity index (χ1) is 16.0. The van der Waals surface area contributed by atoms with Crippen molar-refractivity contribution in [3.63, 3.8) is 0 Å². The van der Waals surface area contributed by atoms with Gasteiger partial charge in [0.15, 0.2) is 5.75 Å². The topological polar surface area (TPSA) is 130 Å². The molecule has 1 aromatic heterocycles. The number of para-hydroxylation sites is 2. The van der Waals surface area contributed by atoms with Crippen LogP contribution in [0.5, 0.6) is 11.5 Å². The highest BCUT2D eigenvalue weighted by Gasteiger charge is 2.21. The Morgan fingerprint density at radius 2 is 1.91 bits per heavy atom. The van der Waals surface area contributed by atoms with Gasteiger partial charge in [-0.2, -0.15) is 0 Å². The molecular weight excluding hydrogens is 424 g/mol. The second-order valence-corrected chi connectivity index (χ2v) is 7.18. The van der Waals surface area contributed by atoms with E-state index in [-0.39, 0.29) is 17.9 Å². The van der Waals surface area contributed by atoms with Gasteiger partial charge in [-0.1, -0.05) is 42.5 Å². The third kappa shape index (κ3) is 4.67. The highest BCUT2D eigenvalue weighted by molar-refractivity contribution is 6.23. The highest BCUT2D eigenvalue weighted by Crippen LogP contribution is 2.37. The molecular formula is C24H20N4O5. The number of nitrogens with one attached hydrogen (secondary N) is 2. The van der Waals surface area contributed by atoms with Crippen LogP contribution in [-0.4, -0.2) is 33.0 Å². The molecule has 0 bridgehead atoms. The third-order valence-electron chi connectivity index (χ3n) is 4.99. The van der Waals surface area contributed by atoms with Crippen molar-refractivity contribution in [1.82, 2.24) is 15.3 Å². The van der Waals surface area contributed by atoms with E-state index < -0.39 is 22.3 Å². The summed E-state index contributed by atoms with van der Waals surface area (Å²) >= 11 is 0. The number of hydrogen-bond acceptors (Lipinski definition) is 6. The Balaban J connectivity index is 1.78. The van der Waals surface area contributed by atoms with E-state index in [2.05, 4.69) is 15.3 Å². The molecule has 1 amide bonds. The predicted octanol–water partition coefficient (Wildman–Crippen LogP) is 4.04. The number of nitrogens with zero attached hydrogens (tertiary/aromatic N) is 2. The summed E-state index contributed by atoms with van der Waals surface area (Å²) in [6.45, 7) is 0.288. The van der Waals surface area contributed by atoms with E-state index in [9.17, 15) is 20.0 Å². The van der Waals surface area contributed by atoms with Gasteiger partial charge in [-0.15, -0.1) is 0 Å². The Morgan fingerprint density at radius 3 is 2.61 bits per heavy atom. The molecule has 3 aromatic carbocycles. The second kappa shape index (κ2) is 9.23. The van der Waals surface area contributed by atoms with Crippen molar-refractivity contribution in [3.05, 3.63) is 93.8 Å². The van der Waals surface area contributed by atoms with Crippen molar-refractivity contribution in [3.8, 4) is 11.5 Å². The van der Waals surface area contributed by atoms with E-state index in [1.807, 2.05) is 54.6 Å². The molecule has 0 saturated carbocycles. The molecule has 0 radical (unpaired) electrons. The Labute approximate surface area is 188 Å². The summed E-state index contributed by atoms with van der Waals surface area (Å²) in [6, 6.07) is 19.3. The Hall–Kier alpha value is -4.66. The van der Waals surface area contributed by atoms with Crippen LogP contribution >= 0.6 is 0 Å². The Kier molecular flexibility index (Phi) is 6.03. The summed E-state index contributed by atoms with van der Waals surface area (Å²) in [4.78, 5) is 31.5. The number of methoxy groups -OCH3 is 1. The van der Waals surface area contributed by atoms with E-state index in [0.717, 1.165) is 11.1 Å². The normalized spacial score (nSPS) is 11.4. The standard InChI is InChI=1S/C24H20N4O5/c1-33-21-13-16(12-20(22(21)29)28(31)32)11-17(23-26-18-9-5-6-10-19(18)27-23)24(30)25-14-15-7-3-2-4-8-15/h2-13,29H,14H2,1H3,(H,25,30)(H,26,27)/b17-11+. The lowest BCUT2D eigenvalue weighted by molar-refractivity contribution is -0.386. The van der Waals surface area contributed by atoms with Gasteiger partial charge in [0.05, 0.1) is 28.6 Å². The lowest BCUT2D eigenvalue weighted by atomic mass is 10.1. The first-order valence-corrected chi connectivity index (χ1v) is 10.0. The molecule has 9 nitrogen and oxygen atoms in total. The van der Waals surface area contributed by atoms with Gasteiger partial charge >= 0.3 is 5.69 Å². The number of nitro groups is 1. The smallest absolute Gasteiger partial charge is 0.315 e. The van der Waals surface area contributed by atoms with E-state index in [4.69, 9.17) is 4.74 Å². The SMILES string of the molecule is COc1cc(/C=C(/C(=O)NCc2ccccc2)c2nc3ccccc3[nH]2)cc([N+](=O)[O-])c1O. The number of phenolic OH excluding ortho intramolecular Hbond substituents is 1. The number of carbonyl (C=O) groups is 1. The van der Waals surface area contributed by atoms with Crippen LogP contribution in [0.4, 0.5) is 5.69 Å². The van der Waals surface area contributed by atoms with Crippen LogP contribution in [0.1, 0.15) is 17.0 Å². The lowest BCUT2D eigenvalue weighted by Crippen LogP contribution is -2.24. The van der Waals surface area contributed by atoms with Gasteiger partial charge in [-0.3, -0.25) is 14.9 Å². The summed E-state index contributed by atoms with van der Waals surface area (Å²) in [5, 5.41) is 24.3. The number of rotatable bonds is 7. The number of aromatic amines is 1. The fourth-order valence-corrected chi connectivity index (χ4v) is 3.35. The summed E-state index contributed by atoms with van der Waals surface area (Å²) in [6.07, 6.45) is 1.47. The molecule has 1 heterocycles. The number of ether oxygens (including phenoxy) is 1. The van der Waals surface area contributed by atoms with Crippen LogP contribution < -0.4 is 10.1 Å². The molecule has 9 heteroatoms. The molecule has 4 rings (SSSR count). The molecule has 0 saturated heterocycles. The molecule has 4 aromatic rings. The lowest BCUT2D eigenvalue weighted by Gasteiger charge is -2.09. The number of imidazole rings is 1. The van der Waals surface area contributed by atoms with Crippen LogP contribution in [0.2, 0.25) is 0 Å².